The van der Waals surface area contributed by atoms with E-state index >= 15 is 0 Å². The van der Waals surface area contributed by atoms with Gasteiger partial charge in [-0.1, -0.05) is 37.3 Å². The fraction of sp³-hybridized carbons (Fsp3) is 0.422. The second-order valence-electron chi connectivity index (χ2n) is 15.3. The van der Waals surface area contributed by atoms with Crippen molar-refractivity contribution in [2.45, 2.75) is 79.2 Å². The first kappa shape index (κ1) is 40.6. The van der Waals surface area contributed by atoms with E-state index in [1.807, 2.05) is 29.9 Å². The Labute approximate surface area is 331 Å². The van der Waals surface area contributed by atoms with Gasteiger partial charge in [0.1, 0.15) is 0 Å². The van der Waals surface area contributed by atoms with Crippen molar-refractivity contribution >= 4 is 28.5 Å². The van der Waals surface area contributed by atoms with Crippen LogP contribution in [0.15, 0.2) is 66.9 Å². The molecule has 5 aromatic rings. The number of amides is 2. The third-order valence-electron chi connectivity index (χ3n) is 10.6. The lowest BCUT2D eigenvalue weighted by Gasteiger charge is -2.26. The summed E-state index contributed by atoms with van der Waals surface area (Å²) in [7, 11) is 6.35. The van der Waals surface area contributed by atoms with Gasteiger partial charge in [-0.05, 0) is 125 Å². The summed E-state index contributed by atoms with van der Waals surface area (Å²) in [5, 5.41) is 15.6. The molecule has 2 amide bonds. The Morgan fingerprint density at radius 2 is 1.61 bits per heavy atom. The van der Waals surface area contributed by atoms with Gasteiger partial charge in [0.15, 0.2) is 5.65 Å². The lowest BCUT2D eigenvalue weighted by atomic mass is 9.96. The van der Waals surface area contributed by atoms with E-state index in [-0.39, 0.29) is 24.4 Å². The summed E-state index contributed by atoms with van der Waals surface area (Å²) in [5.41, 5.74) is 11.2. The fourth-order valence-electron chi connectivity index (χ4n) is 7.39. The smallest absolute Gasteiger partial charge is 0.251 e. The van der Waals surface area contributed by atoms with Crippen molar-refractivity contribution < 1.29 is 14.3 Å². The van der Waals surface area contributed by atoms with Crippen molar-refractivity contribution in [1.82, 2.24) is 35.2 Å². The van der Waals surface area contributed by atoms with Gasteiger partial charge < -0.3 is 30.5 Å². The molecule has 0 atom stereocenters. The number of aromatic nitrogens is 3. The van der Waals surface area contributed by atoms with Crippen molar-refractivity contribution in [2.24, 2.45) is 0 Å². The highest BCUT2D eigenvalue weighted by Gasteiger charge is 2.23. The first-order valence-electron chi connectivity index (χ1n) is 19.9. The summed E-state index contributed by atoms with van der Waals surface area (Å²) in [6, 6.07) is 20.6. The standard InChI is InChI=1S/C45H58N8O3/c1-8-41-39(42(49-37-15-19-56-20-16-37)40-28-48-53(9-2)43(40)50-41)27-47-45(55)36-22-30(3)21-35(25-36)44(54)46-26-32-14-13-31(4)38(24-32)34-12-10-11-33(23-34)29-52(7)18-17-51(5)6/h10-14,21-25,28,37H,8-9,15-20,26-27,29H2,1-7H3,(H,46,54)(H,47,55)(H,49,50). The van der Waals surface area contributed by atoms with Crippen molar-refractivity contribution in [3.63, 3.8) is 0 Å². The Morgan fingerprint density at radius 3 is 2.30 bits per heavy atom. The summed E-state index contributed by atoms with van der Waals surface area (Å²) in [5.74, 6) is -0.480. The Morgan fingerprint density at radius 1 is 0.875 bits per heavy atom. The number of benzene rings is 3. The molecule has 3 aromatic carbocycles. The topological polar surface area (TPSA) is 117 Å². The minimum absolute atomic E-state index is 0.230. The average molecular weight is 759 g/mol. The molecule has 1 aliphatic rings. The van der Waals surface area contributed by atoms with E-state index in [9.17, 15) is 9.59 Å². The van der Waals surface area contributed by atoms with Crippen LogP contribution in [-0.2, 0) is 37.3 Å². The van der Waals surface area contributed by atoms with Crippen molar-refractivity contribution in [3.05, 3.63) is 111 Å². The molecule has 1 aliphatic heterocycles. The molecule has 3 N–H and O–H groups in total. The van der Waals surface area contributed by atoms with Gasteiger partial charge in [0.05, 0.1) is 17.3 Å². The molecule has 11 nitrogen and oxygen atoms in total. The van der Waals surface area contributed by atoms with Crippen LogP contribution in [0.25, 0.3) is 22.2 Å². The number of rotatable bonds is 16. The number of likely N-dealkylation sites (N-methyl/N-ethyl adjacent to an activating group) is 2. The number of hydrogen-bond acceptors (Lipinski definition) is 8. The predicted octanol–water partition coefficient (Wildman–Crippen LogP) is 6.74. The summed E-state index contributed by atoms with van der Waals surface area (Å²) >= 11 is 0. The second kappa shape index (κ2) is 18.7. The maximum Gasteiger partial charge on any atom is 0.251 e. The van der Waals surface area contributed by atoms with Gasteiger partial charge >= 0.3 is 0 Å². The van der Waals surface area contributed by atoms with Gasteiger partial charge in [-0.25, -0.2) is 9.67 Å². The van der Waals surface area contributed by atoms with Crippen LogP contribution >= 0.6 is 0 Å². The van der Waals surface area contributed by atoms with Crippen LogP contribution in [-0.4, -0.2) is 89.9 Å². The van der Waals surface area contributed by atoms with Gasteiger partial charge in [0.25, 0.3) is 11.8 Å². The number of ether oxygens (including phenoxy) is 1. The molecule has 0 radical (unpaired) electrons. The van der Waals surface area contributed by atoms with Crippen LogP contribution in [0.3, 0.4) is 0 Å². The first-order chi connectivity index (χ1) is 27.0. The number of pyridine rings is 1. The summed E-state index contributed by atoms with van der Waals surface area (Å²) in [6.07, 6.45) is 4.38. The van der Waals surface area contributed by atoms with Crippen molar-refractivity contribution in [1.29, 1.82) is 0 Å². The molecule has 6 rings (SSSR count). The quantitative estimate of drug-likeness (QED) is 0.101. The molecule has 0 unspecified atom stereocenters. The van der Waals surface area contributed by atoms with Crippen LogP contribution in [0.4, 0.5) is 5.69 Å². The van der Waals surface area contributed by atoms with E-state index in [1.54, 1.807) is 6.07 Å². The van der Waals surface area contributed by atoms with Gasteiger partial charge in [-0.15, -0.1) is 0 Å². The molecule has 296 valence electrons. The maximum absolute atomic E-state index is 13.8. The average Bonchev–Trinajstić information content (AvgIpc) is 3.62. The molecule has 1 saturated heterocycles. The molecule has 1 fully saturated rings. The van der Waals surface area contributed by atoms with E-state index in [0.717, 1.165) is 82.7 Å². The van der Waals surface area contributed by atoms with Crippen LogP contribution in [0.2, 0.25) is 0 Å². The van der Waals surface area contributed by atoms with Gasteiger partial charge in [0.2, 0.25) is 0 Å². The highest BCUT2D eigenvalue weighted by molar-refractivity contribution is 6.00. The number of carbonyl (C=O) groups excluding carboxylic acids is 2. The third-order valence-corrected chi connectivity index (χ3v) is 10.6. The Kier molecular flexibility index (Phi) is 13.5. The van der Waals surface area contributed by atoms with E-state index < -0.39 is 0 Å². The third kappa shape index (κ3) is 10.0. The number of fused-ring (bicyclic) bond motifs is 1. The molecule has 0 spiro atoms. The molecule has 3 heterocycles. The van der Waals surface area contributed by atoms with Gasteiger partial charge in [0, 0.05) is 80.9 Å². The van der Waals surface area contributed by atoms with Gasteiger partial charge in [-0.3, -0.25) is 9.59 Å². The lowest BCUT2D eigenvalue weighted by Crippen LogP contribution is -2.30. The van der Waals surface area contributed by atoms with Crippen LogP contribution in [0, 0.1) is 13.8 Å². The molecular formula is C45H58N8O3. The Hall–Kier alpha value is -5.10. The second-order valence-corrected chi connectivity index (χ2v) is 15.3. The Bertz CT molecular complexity index is 2150. The maximum atomic E-state index is 13.8. The fourth-order valence-corrected chi connectivity index (χ4v) is 7.39. The van der Waals surface area contributed by atoms with E-state index in [2.05, 4.69) is 115 Å². The Balaban J connectivity index is 1.14. The molecule has 11 heteroatoms. The molecular weight excluding hydrogens is 701 g/mol. The number of anilines is 1. The SMILES string of the molecule is CCc1nc2c(cnn2CC)c(NC2CCOCC2)c1CNC(=O)c1cc(C)cc(C(=O)NCc2ccc(C)c(-c3cccc(CN(C)CCN(C)C)c3)c2)c1. The summed E-state index contributed by atoms with van der Waals surface area (Å²) in [4.78, 5) is 36.9. The van der Waals surface area contributed by atoms with Crippen LogP contribution in [0.1, 0.15) is 80.9 Å². The first-order valence-corrected chi connectivity index (χ1v) is 19.9. The van der Waals surface area contributed by atoms with Crippen LogP contribution in [0.5, 0.6) is 0 Å². The molecule has 0 aliphatic carbocycles. The predicted molar refractivity (Wildman–Crippen MR) is 225 cm³/mol. The highest BCUT2D eigenvalue weighted by Crippen LogP contribution is 2.31. The largest absolute Gasteiger partial charge is 0.381 e. The highest BCUT2D eigenvalue weighted by atomic mass is 16.5. The zero-order valence-electron chi connectivity index (χ0n) is 34.2. The summed E-state index contributed by atoms with van der Waals surface area (Å²) in [6.45, 7) is 13.8. The van der Waals surface area contributed by atoms with E-state index in [1.165, 1.54) is 11.1 Å². The molecule has 0 bridgehead atoms. The number of hydrogen-bond donors (Lipinski definition) is 3. The van der Waals surface area contributed by atoms with E-state index in [0.29, 0.717) is 43.9 Å². The molecule has 56 heavy (non-hydrogen) atoms. The zero-order valence-corrected chi connectivity index (χ0v) is 34.2. The summed E-state index contributed by atoms with van der Waals surface area (Å²) < 4.78 is 7.53. The number of carbonyl (C=O) groups is 2. The minimum atomic E-state index is -0.250. The minimum Gasteiger partial charge on any atom is -0.381 e. The normalized spacial score (nSPS) is 13.4. The lowest BCUT2D eigenvalue weighted by molar-refractivity contribution is 0.0904. The van der Waals surface area contributed by atoms with Crippen molar-refractivity contribution in [2.75, 3.05) is 52.8 Å². The number of nitrogens with one attached hydrogen (secondary N) is 3. The zero-order chi connectivity index (χ0) is 39.8. The number of nitrogens with zero attached hydrogens (tertiary/aromatic N) is 5. The monoisotopic (exact) mass is 758 g/mol. The molecule has 0 saturated carbocycles. The van der Waals surface area contributed by atoms with E-state index in [4.69, 9.17) is 9.72 Å². The van der Waals surface area contributed by atoms with Crippen LogP contribution < -0.4 is 16.0 Å². The van der Waals surface area contributed by atoms with Crippen molar-refractivity contribution in [3.8, 4) is 11.1 Å². The number of aryl methyl sites for hydroxylation is 4. The van der Waals surface area contributed by atoms with Gasteiger partial charge in [-0.2, -0.15) is 5.10 Å². The molecule has 2 aromatic heterocycles.